The number of ether oxygens (including phenoxy) is 2. The minimum atomic E-state index is 1.00. The fraction of sp³-hybridized carbons (Fsp3) is 1.00. The molecule has 2 saturated heterocycles. The summed E-state index contributed by atoms with van der Waals surface area (Å²) < 4.78 is 10.1. The largest absolute Gasteiger partial charge is 0.381 e. The van der Waals surface area contributed by atoms with Crippen LogP contribution in [-0.4, -0.2) is 33.7 Å². The van der Waals surface area contributed by atoms with Gasteiger partial charge in [-0.05, 0) is 38.5 Å². The zero-order valence-electron chi connectivity index (χ0n) is 9.27. The van der Waals surface area contributed by atoms with Gasteiger partial charge in [0, 0.05) is 26.4 Å². The van der Waals surface area contributed by atoms with E-state index < -0.39 is 0 Å². The number of hydrogen-bond acceptors (Lipinski definition) is 2. The van der Waals surface area contributed by atoms with Gasteiger partial charge in [-0.2, -0.15) is 0 Å². The Bertz CT molecular complexity index is 61.1. The molecule has 2 aliphatic rings. The molecule has 2 aliphatic heterocycles. The third kappa shape index (κ3) is 10.4. The van der Waals surface area contributed by atoms with Gasteiger partial charge < -0.3 is 9.47 Å². The van der Waals surface area contributed by atoms with Crippen molar-refractivity contribution in [3.05, 3.63) is 0 Å². The summed E-state index contributed by atoms with van der Waals surface area (Å²) in [6, 6.07) is 0. The lowest BCUT2D eigenvalue weighted by atomic mass is 10.2. The van der Waals surface area contributed by atoms with E-state index in [0.29, 0.717) is 0 Å². The average Bonchev–Trinajstić information content (AvgIpc) is 2.37. The van der Waals surface area contributed by atoms with E-state index in [0.717, 1.165) is 26.4 Å². The molecule has 0 aromatic carbocycles. The summed E-state index contributed by atoms with van der Waals surface area (Å²) in [6.07, 6.45) is 7.86. The summed E-state index contributed by atoms with van der Waals surface area (Å²) in [6.45, 7) is 4.00. The Morgan fingerprint density at radius 3 is 0.929 bits per heavy atom. The summed E-state index contributed by atoms with van der Waals surface area (Å²) >= 11 is 4.64. The molecule has 0 aromatic heterocycles. The highest BCUT2D eigenvalue weighted by molar-refractivity contribution is 6.80. The molecule has 0 spiro atoms. The van der Waals surface area contributed by atoms with Crippen molar-refractivity contribution in [2.24, 2.45) is 0 Å². The second-order valence-corrected chi connectivity index (χ2v) is 3.35. The van der Waals surface area contributed by atoms with Gasteiger partial charge >= 0.3 is 0 Å². The van der Waals surface area contributed by atoms with Gasteiger partial charge in [0.2, 0.25) is 7.26 Å². The van der Waals surface area contributed by atoms with Gasteiger partial charge in [-0.1, -0.05) is 0 Å². The van der Waals surface area contributed by atoms with Crippen LogP contribution in [0.2, 0.25) is 0 Å². The molecule has 0 aliphatic carbocycles. The zero-order chi connectivity index (χ0) is 10.5. The highest BCUT2D eigenvalue weighted by atomic mass is 35.5. The number of rotatable bonds is 0. The second kappa shape index (κ2) is 13.3. The Morgan fingerprint density at radius 1 is 0.571 bits per heavy atom. The van der Waals surface area contributed by atoms with Crippen molar-refractivity contribution in [3.63, 3.8) is 0 Å². The SMILES string of the molecule is BCl.C1CCOCC1.C1CCOCC1. The summed E-state index contributed by atoms with van der Waals surface area (Å²) in [7, 11) is 1.47. The van der Waals surface area contributed by atoms with Gasteiger partial charge in [0.1, 0.15) is 0 Å². The van der Waals surface area contributed by atoms with Gasteiger partial charge in [0.05, 0.1) is 0 Å². The first kappa shape index (κ1) is 14.3. The smallest absolute Gasteiger partial charge is 0.215 e. The van der Waals surface area contributed by atoms with Crippen LogP contribution in [0.1, 0.15) is 38.5 Å². The van der Waals surface area contributed by atoms with Crippen molar-refractivity contribution >= 4 is 18.7 Å². The second-order valence-electron chi connectivity index (χ2n) is 3.35. The van der Waals surface area contributed by atoms with E-state index in [1.165, 1.54) is 45.8 Å². The molecule has 0 N–H and O–H groups in total. The van der Waals surface area contributed by atoms with Crippen LogP contribution >= 0.6 is 11.5 Å². The van der Waals surface area contributed by atoms with E-state index in [4.69, 9.17) is 9.47 Å². The third-order valence-electron chi connectivity index (χ3n) is 2.15. The molecule has 2 rings (SSSR count). The molecule has 0 saturated carbocycles. The predicted octanol–water partition coefficient (Wildman–Crippen LogP) is 2.15. The van der Waals surface area contributed by atoms with Crippen molar-refractivity contribution in [2.45, 2.75) is 38.5 Å². The normalized spacial score (nSPS) is 20.9. The summed E-state index contributed by atoms with van der Waals surface area (Å²) in [5.41, 5.74) is 0. The van der Waals surface area contributed by atoms with Crippen LogP contribution in [-0.2, 0) is 9.47 Å². The van der Waals surface area contributed by atoms with Crippen LogP contribution in [0.5, 0.6) is 0 Å². The maximum Gasteiger partial charge on any atom is 0.215 e. The first-order valence-electron chi connectivity index (χ1n) is 5.53. The monoisotopic (exact) mass is 220 g/mol. The Balaban J connectivity index is 0.000000206. The quantitative estimate of drug-likeness (QED) is 0.583. The first-order valence-corrected chi connectivity index (χ1v) is 6.29. The number of halogens is 1. The highest BCUT2D eigenvalue weighted by Crippen LogP contribution is 2.02. The zero-order valence-corrected chi connectivity index (χ0v) is 10.0. The minimum Gasteiger partial charge on any atom is -0.381 e. The maximum absolute atomic E-state index is 5.07. The standard InChI is InChI=1S/2C5H10O.BClH2/c2*1-2-4-6-5-3-1;1-2/h2*1-5H2;1H2. The molecular weight excluding hydrogens is 198 g/mol. The fourth-order valence-electron chi connectivity index (χ4n) is 1.37. The Labute approximate surface area is 93.6 Å². The van der Waals surface area contributed by atoms with E-state index in [-0.39, 0.29) is 0 Å². The van der Waals surface area contributed by atoms with Crippen molar-refractivity contribution in [1.82, 2.24) is 0 Å². The van der Waals surface area contributed by atoms with Crippen molar-refractivity contribution < 1.29 is 9.47 Å². The molecule has 0 unspecified atom stereocenters. The summed E-state index contributed by atoms with van der Waals surface area (Å²) in [5, 5.41) is 0. The minimum absolute atomic E-state index is 1.00. The van der Waals surface area contributed by atoms with Crippen LogP contribution in [0.3, 0.4) is 0 Å². The van der Waals surface area contributed by atoms with Crippen molar-refractivity contribution in [1.29, 1.82) is 0 Å². The van der Waals surface area contributed by atoms with E-state index in [2.05, 4.69) is 11.5 Å². The molecule has 0 amide bonds. The third-order valence-corrected chi connectivity index (χ3v) is 2.15. The lowest BCUT2D eigenvalue weighted by Gasteiger charge is -2.08. The lowest BCUT2D eigenvalue weighted by molar-refractivity contribution is 0.0967. The molecule has 2 heterocycles. The summed E-state index contributed by atoms with van der Waals surface area (Å²) in [5.74, 6) is 0. The lowest BCUT2D eigenvalue weighted by Crippen LogP contribution is -2.03. The Morgan fingerprint density at radius 2 is 0.857 bits per heavy atom. The van der Waals surface area contributed by atoms with Crippen LogP contribution < -0.4 is 0 Å². The molecule has 0 atom stereocenters. The molecule has 14 heavy (non-hydrogen) atoms. The molecule has 0 radical (unpaired) electrons. The maximum atomic E-state index is 5.07. The molecule has 0 bridgehead atoms. The molecular formula is C10H22BClO2. The molecule has 2 nitrogen and oxygen atoms in total. The van der Waals surface area contributed by atoms with Crippen LogP contribution in [0.15, 0.2) is 0 Å². The topological polar surface area (TPSA) is 18.5 Å². The van der Waals surface area contributed by atoms with Gasteiger partial charge in [0.15, 0.2) is 0 Å². The van der Waals surface area contributed by atoms with Crippen LogP contribution in [0.25, 0.3) is 0 Å². The van der Waals surface area contributed by atoms with E-state index in [1.54, 1.807) is 0 Å². The van der Waals surface area contributed by atoms with Crippen LogP contribution in [0, 0.1) is 0 Å². The molecule has 4 heteroatoms. The average molecular weight is 221 g/mol. The van der Waals surface area contributed by atoms with E-state index >= 15 is 0 Å². The van der Waals surface area contributed by atoms with Gasteiger partial charge in [-0.3, -0.25) is 0 Å². The first-order chi connectivity index (χ1) is 7.00. The highest BCUT2D eigenvalue weighted by Gasteiger charge is 1.95. The van der Waals surface area contributed by atoms with E-state index in [1.807, 2.05) is 0 Å². The van der Waals surface area contributed by atoms with Crippen molar-refractivity contribution in [2.75, 3.05) is 26.4 Å². The molecule has 2 fully saturated rings. The van der Waals surface area contributed by atoms with Gasteiger partial charge in [0.25, 0.3) is 0 Å². The summed E-state index contributed by atoms with van der Waals surface area (Å²) in [4.78, 5) is 0. The molecule has 84 valence electrons. The molecule has 0 aromatic rings. The fourth-order valence-corrected chi connectivity index (χ4v) is 1.37. The van der Waals surface area contributed by atoms with Crippen molar-refractivity contribution in [3.8, 4) is 0 Å². The van der Waals surface area contributed by atoms with Crippen LogP contribution in [0.4, 0.5) is 0 Å². The van der Waals surface area contributed by atoms with E-state index in [9.17, 15) is 0 Å². The van der Waals surface area contributed by atoms with Gasteiger partial charge in [-0.15, -0.1) is 0 Å². The Kier molecular flexibility index (Phi) is 13.5. The number of hydrogen-bond donors (Lipinski definition) is 0. The van der Waals surface area contributed by atoms with Gasteiger partial charge in [-0.25, -0.2) is 11.5 Å². The Hall–Kier alpha value is 0.275. The predicted molar refractivity (Wildman–Crippen MR) is 63.7 cm³/mol.